The van der Waals surface area contributed by atoms with Crippen LogP contribution in [0.3, 0.4) is 0 Å². The molecule has 0 aromatic heterocycles. The Morgan fingerprint density at radius 1 is 0.812 bits per heavy atom. The van der Waals surface area contributed by atoms with Crippen molar-refractivity contribution in [2.75, 3.05) is 13.1 Å². The first-order valence-corrected chi connectivity index (χ1v) is 7.44. The molecule has 0 fully saturated rings. The first-order chi connectivity index (χ1) is 7.81. The number of hydrogen-bond donors (Lipinski definition) is 0. The maximum absolute atomic E-state index is 4.64. The zero-order valence-corrected chi connectivity index (χ0v) is 11.8. The third-order valence-electron chi connectivity index (χ3n) is 3.16. The molecule has 0 aliphatic rings. The summed E-state index contributed by atoms with van der Waals surface area (Å²) in [5.74, 6) is 0.806. The standard InChI is InChI=1S/C15H32N/c1-4-6-8-9-10-11-13-16-14-15(3)12-7-5-2/h15H,4-14H2,1-3H3. The van der Waals surface area contributed by atoms with Crippen molar-refractivity contribution in [1.82, 2.24) is 5.32 Å². The predicted octanol–water partition coefficient (Wildman–Crippen LogP) is 4.78. The molecule has 0 heterocycles. The van der Waals surface area contributed by atoms with Crippen molar-refractivity contribution in [3.8, 4) is 0 Å². The van der Waals surface area contributed by atoms with Gasteiger partial charge < -0.3 is 0 Å². The Bertz CT molecular complexity index is 123. The highest BCUT2D eigenvalue weighted by molar-refractivity contribution is 4.57. The predicted molar refractivity (Wildman–Crippen MR) is 73.9 cm³/mol. The molecule has 1 heteroatoms. The quantitative estimate of drug-likeness (QED) is 0.425. The molecular weight excluding hydrogens is 194 g/mol. The van der Waals surface area contributed by atoms with Gasteiger partial charge in [-0.1, -0.05) is 65.7 Å². The highest BCUT2D eigenvalue weighted by Crippen LogP contribution is 2.07. The highest BCUT2D eigenvalue weighted by Gasteiger charge is 2.00. The van der Waals surface area contributed by atoms with Gasteiger partial charge in [-0.3, -0.25) is 0 Å². The van der Waals surface area contributed by atoms with Crippen LogP contribution < -0.4 is 5.32 Å². The van der Waals surface area contributed by atoms with Gasteiger partial charge in [0.25, 0.3) is 0 Å². The Hall–Kier alpha value is -0.0400. The second kappa shape index (κ2) is 13.0. The molecule has 0 N–H and O–H groups in total. The summed E-state index contributed by atoms with van der Waals surface area (Å²) in [7, 11) is 0. The van der Waals surface area contributed by atoms with E-state index in [1.807, 2.05) is 0 Å². The number of hydrogen-bond acceptors (Lipinski definition) is 0. The molecule has 0 aliphatic carbocycles. The summed E-state index contributed by atoms with van der Waals surface area (Å²) in [5, 5.41) is 4.64. The van der Waals surface area contributed by atoms with E-state index in [0.29, 0.717) is 0 Å². The smallest absolute Gasteiger partial charge is 0.0159 e. The van der Waals surface area contributed by atoms with Gasteiger partial charge >= 0.3 is 0 Å². The van der Waals surface area contributed by atoms with E-state index in [-0.39, 0.29) is 0 Å². The zero-order chi connectivity index (χ0) is 12.1. The van der Waals surface area contributed by atoms with Crippen LogP contribution in [0, 0.1) is 5.92 Å². The SMILES string of the molecule is CCCCCCCC[N]CC(C)CCCC. The lowest BCUT2D eigenvalue weighted by Crippen LogP contribution is -2.15. The van der Waals surface area contributed by atoms with E-state index in [1.54, 1.807) is 0 Å². The third kappa shape index (κ3) is 12.0. The van der Waals surface area contributed by atoms with Crippen LogP contribution >= 0.6 is 0 Å². The van der Waals surface area contributed by atoms with E-state index in [2.05, 4.69) is 26.1 Å². The minimum atomic E-state index is 0.806. The molecule has 1 nitrogen and oxygen atoms in total. The Labute approximate surface area is 103 Å². The Kier molecular flexibility index (Phi) is 13.0. The van der Waals surface area contributed by atoms with Crippen LogP contribution in [0.4, 0.5) is 0 Å². The molecule has 0 bridgehead atoms. The summed E-state index contributed by atoms with van der Waals surface area (Å²) < 4.78 is 0. The van der Waals surface area contributed by atoms with Crippen LogP contribution in [-0.4, -0.2) is 13.1 Å². The van der Waals surface area contributed by atoms with Crippen molar-refractivity contribution in [2.24, 2.45) is 5.92 Å². The Morgan fingerprint density at radius 3 is 2.12 bits per heavy atom. The van der Waals surface area contributed by atoms with E-state index < -0.39 is 0 Å². The lowest BCUT2D eigenvalue weighted by atomic mass is 10.0. The van der Waals surface area contributed by atoms with Crippen LogP contribution in [0.5, 0.6) is 0 Å². The van der Waals surface area contributed by atoms with Gasteiger partial charge in [-0.15, -0.1) is 0 Å². The van der Waals surface area contributed by atoms with E-state index in [9.17, 15) is 0 Å². The molecule has 97 valence electrons. The van der Waals surface area contributed by atoms with Crippen LogP contribution in [0.25, 0.3) is 0 Å². The van der Waals surface area contributed by atoms with Gasteiger partial charge in [-0.25, -0.2) is 5.32 Å². The molecule has 1 unspecified atom stereocenters. The van der Waals surface area contributed by atoms with Gasteiger partial charge in [0.15, 0.2) is 0 Å². The van der Waals surface area contributed by atoms with Crippen LogP contribution in [-0.2, 0) is 0 Å². The van der Waals surface area contributed by atoms with Crippen LogP contribution in [0.2, 0.25) is 0 Å². The monoisotopic (exact) mass is 226 g/mol. The third-order valence-corrected chi connectivity index (χ3v) is 3.16. The first kappa shape index (κ1) is 16.0. The average molecular weight is 226 g/mol. The summed E-state index contributed by atoms with van der Waals surface area (Å²) in [6, 6.07) is 0. The Balaban J connectivity index is 3.02. The minimum absolute atomic E-state index is 0.806. The zero-order valence-electron chi connectivity index (χ0n) is 11.8. The molecule has 0 amide bonds. The summed E-state index contributed by atoms with van der Waals surface area (Å²) in [6.07, 6.45) is 12.3. The maximum Gasteiger partial charge on any atom is 0.0159 e. The van der Waals surface area contributed by atoms with Crippen molar-refractivity contribution >= 4 is 0 Å². The van der Waals surface area contributed by atoms with Gasteiger partial charge in [0, 0.05) is 13.1 Å². The minimum Gasteiger partial charge on any atom is -0.242 e. The molecule has 0 aromatic carbocycles. The summed E-state index contributed by atoms with van der Waals surface area (Å²) in [6.45, 7) is 9.06. The summed E-state index contributed by atoms with van der Waals surface area (Å²) in [4.78, 5) is 0. The average Bonchev–Trinajstić information content (AvgIpc) is 2.30. The molecule has 1 atom stereocenters. The van der Waals surface area contributed by atoms with Gasteiger partial charge in [-0.2, -0.15) is 0 Å². The van der Waals surface area contributed by atoms with Crippen molar-refractivity contribution < 1.29 is 0 Å². The molecule has 16 heavy (non-hydrogen) atoms. The summed E-state index contributed by atoms with van der Waals surface area (Å²) >= 11 is 0. The number of rotatable bonds is 12. The van der Waals surface area contributed by atoms with Crippen molar-refractivity contribution in [2.45, 2.75) is 78.6 Å². The lowest BCUT2D eigenvalue weighted by molar-refractivity contribution is 0.451. The van der Waals surface area contributed by atoms with Crippen molar-refractivity contribution in [3.05, 3.63) is 0 Å². The van der Waals surface area contributed by atoms with Gasteiger partial charge in [0.2, 0.25) is 0 Å². The number of nitrogens with zero attached hydrogens (tertiary/aromatic N) is 1. The molecule has 0 rings (SSSR count). The fourth-order valence-corrected chi connectivity index (χ4v) is 1.96. The molecular formula is C15H32N. The second-order valence-corrected chi connectivity index (χ2v) is 5.14. The van der Waals surface area contributed by atoms with E-state index in [0.717, 1.165) is 19.0 Å². The fourth-order valence-electron chi connectivity index (χ4n) is 1.96. The first-order valence-electron chi connectivity index (χ1n) is 7.44. The van der Waals surface area contributed by atoms with Gasteiger partial charge in [0.05, 0.1) is 0 Å². The second-order valence-electron chi connectivity index (χ2n) is 5.14. The molecule has 0 saturated heterocycles. The van der Waals surface area contributed by atoms with Gasteiger partial charge in [-0.05, 0) is 18.8 Å². The highest BCUT2D eigenvalue weighted by atomic mass is 14.8. The van der Waals surface area contributed by atoms with Crippen molar-refractivity contribution in [1.29, 1.82) is 0 Å². The van der Waals surface area contributed by atoms with E-state index in [4.69, 9.17) is 0 Å². The molecule has 1 radical (unpaired) electrons. The molecule has 0 saturated carbocycles. The largest absolute Gasteiger partial charge is 0.242 e. The van der Waals surface area contributed by atoms with E-state index in [1.165, 1.54) is 57.8 Å². The van der Waals surface area contributed by atoms with E-state index >= 15 is 0 Å². The van der Waals surface area contributed by atoms with Crippen LogP contribution in [0.1, 0.15) is 78.6 Å². The lowest BCUT2D eigenvalue weighted by Gasteiger charge is -2.10. The fraction of sp³-hybridized carbons (Fsp3) is 1.00. The van der Waals surface area contributed by atoms with Gasteiger partial charge in [0.1, 0.15) is 0 Å². The Morgan fingerprint density at radius 2 is 1.44 bits per heavy atom. The summed E-state index contributed by atoms with van der Waals surface area (Å²) in [5.41, 5.74) is 0. The molecule has 0 aromatic rings. The molecule has 0 spiro atoms. The molecule has 0 aliphatic heterocycles. The van der Waals surface area contributed by atoms with Crippen LogP contribution in [0.15, 0.2) is 0 Å². The van der Waals surface area contributed by atoms with Crippen molar-refractivity contribution in [3.63, 3.8) is 0 Å². The normalized spacial score (nSPS) is 12.9. The maximum atomic E-state index is 4.64. The number of unbranched alkanes of at least 4 members (excludes halogenated alkanes) is 6. The topological polar surface area (TPSA) is 14.1 Å².